The van der Waals surface area contributed by atoms with Crippen LogP contribution in [0.3, 0.4) is 0 Å². The fourth-order valence-electron chi connectivity index (χ4n) is 1.18. The summed E-state index contributed by atoms with van der Waals surface area (Å²) >= 11 is 0. The van der Waals surface area contributed by atoms with Crippen LogP contribution in [0.1, 0.15) is 12.5 Å². The summed E-state index contributed by atoms with van der Waals surface area (Å²) in [5, 5.41) is 0. The van der Waals surface area contributed by atoms with Gasteiger partial charge in [0.2, 0.25) is 0 Å². The van der Waals surface area contributed by atoms with Gasteiger partial charge in [0.1, 0.15) is 0 Å². The van der Waals surface area contributed by atoms with Gasteiger partial charge in [0.15, 0.2) is 9.84 Å². The largest absolute Gasteiger partial charge is 0.317 e. The Bertz CT molecular complexity index is 499. The lowest BCUT2D eigenvalue weighted by atomic mass is 10.3. The Balaban J connectivity index is 3.53. The fourth-order valence-corrected chi connectivity index (χ4v) is 2.36. The van der Waals surface area contributed by atoms with Crippen LogP contribution >= 0.6 is 0 Å². The molecule has 0 fully saturated rings. The fraction of sp³-hybridized carbons (Fsp3) is 0.444. The predicted octanol–water partition coefficient (Wildman–Crippen LogP) is 0.487. The first-order valence-electron chi connectivity index (χ1n) is 4.28. The lowest BCUT2D eigenvalue weighted by Gasteiger charge is -2.06. The van der Waals surface area contributed by atoms with Gasteiger partial charge in [-0.3, -0.25) is 4.79 Å². The van der Waals surface area contributed by atoms with Crippen molar-refractivity contribution in [3.05, 3.63) is 28.2 Å². The maximum atomic E-state index is 11.6. The second-order valence-corrected chi connectivity index (χ2v) is 5.42. The van der Waals surface area contributed by atoms with Crippen molar-refractivity contribution in [2.45, 2.75) is 18.7 Å². The quantitative estimate of drug-likeness (QED) is 0.721. The van der Waals surface area contributed by atoms with Crippen molar-refractivity contribution in [3.63, 3.8) is 0 Å². The van der Waals surface area contributed by atoms with Gasteiger partial charge in [-0.2, -0.15) is 0 Å². The summed E-state index contributed by atoms with van der Waals surface area (Å²) in [6.07, 6.45) is 1.37. The summed E-state index contributed by atoms with van der Waals surface area (Å²) in [5.74, 6) is 0.0477. The van der Waals surface area contributed by atoms with E-state index >= 15 is 0 Å². The first kappa shape index (κ1) is 11.0. The van der Waals surface area contributed by atoms with Gasteiger partial charge in [0.05, 0.1) is 10.6 Å². The molecule has 4 nitrogen and oxygen atoms in total. The van der Waals surface area contributed by atoms with Gasteiger partial charge >= 0.3 is 0 Å². The van der Waals surface area contributed by atoms with Crippen molar-refractivity contribution in [2.75, 3.05) is 5.75 Å². The minimum absolute atomic E-state index is 0.0477. The minimum atomic E-state index is -3.23. The van der Waals surface area contributed by atoms with Crippen LogP contribution in [0.25, 0.3) is 0 Å². The molecule has 0 atom stereocenters. The zero-order valence-electron chi connectivity index (χ0n) is 8.44. The van der Waals surface area contributed by atoms with E-state index < -0.39 is 9.84 Å². The molecule has 0 amide bonds. The molecule has 78 valence electrons. The first-order valence-corrected chi connectivity index (χ1v) is 5.93. The third kappa shape index (κ3) is 1.87. The van der Waals surface area contributed by atoms with Gasteiger partial charge in [-0.1, -0.05) is 6.92 Å². The van der Waals surface area contributed by atoms with Crippen molar-refractivity contribution < 1.29 is 8.42 Å². The lowest BCUT2D eigenvalue weighted by molar-refractivity contribution is 0.595. The Labute approximate surface area is 83.1 Å². The molecule has 0 aliphatic heterocycles. The molecule has 0 aliphatic carbocycles. The van der Waals surface area contributed by atoms with Crippen LogP contribution in [-0.2, 0) is 16.9 Å². The zero-order valence-corrected chi connectivity index (χ0v) is 9.26. The predicted molar refractivity (Wildman–Crippen MR) is 54.1 cm³/mol. The SMILES string of the molecule is CCS(=O)(=O)c1cn(C)c(=O)cc1C. The number of nitrogens with zero attached hydrogens (tertiary/aromatic N) is 1. The third-order valence-electron chi connectivity index (χ3n) is 2.10. The molecular weight excluding hydrogens is 202 g/mol. The molecule has 0 unspecified atom stereocenters. The molecule has 0 aliphatic rings. The smallest absolute Gasteiger partial charge is 0.250 e. The van der Waals surface area contributed by atoms with Crippen molar-refractivity contribution in [1.82, 2.24) is 4.57 Å². The molecule has 1 aromatic heterocycles. The highest BCUT2D eigenvalue weighted by Gasteiger charge is 2.15. The second kappa shape index (κ2) is 3.57. The van der Waals surface area contributed by atoms with E-state index in [9.17, 15) is 13.2 Å². The standard InChI is InChI=1S/C9H13NO3S/c1-4-14(12,13)8-6-10(3)9(11)5-7(8)2/h5-6H,4H2,1-3H3. The van der Waals surface area contributed by atoms with Crippen molar-refractivity contribution in [1.29, 1.82) is 0 Å². The minimum Gasteiger partial charge on any atom is -0.317 e. The molecule has 0 saturated heterocycles. The number of rotatable bonds is 2. The number of aryl methyl sites for hydroxylation is 2. The summed E-state index contributed by atoms with van der Waals surface area (Å²) < 4.78 is 24.4. The average Bonchev–Trinajstić information content (AvgIpc) is 2.11. The zero-order chi connectivity index (χ0) is 10.9. The van der Waals surface area contributed by atoms with E-state index in [1.165, 1.54) is 23.9 Å². The number of sulfone groups is 1. The Kier molecular flexibility index (Phi) is 2.80. The second-order valence-electron chi connectivity index (χ2n) is 3.17. The molecule has 0 spiro atoms. The molecule has 1 heterocycles. The molecular formula is C9H13NO3S. The summed E-state index contributed by atoms with van der Waals surface area (Å²) in [6.45, 7) is 3.21. The highest BCUT2D eigenvalue weighted by Crippen LogP contribution is 2.13. The summed E-state index contributed by atoms with van der Waals surface area (Å²) in [6, 6.07) is 1.34. The Morgan fingerprint density at radius 3 is 2.50 bits per heavy atom. The number of pyridine rings is 1. The molecule has 0 bridgehead atoms. The summed E-state index contributed by atoms with van der Waals surface area (Å²) in [7, 11) is -1.69. The summed E-state index contributed by atoms with van der Waals surface area (Å²) in [5.41, 5.74) is 0.313. The molecule has 0 radical (unpaired) electrons. The van der Waals surface area contributed by atoms with E-state index in [2.05, 4.69) is 0 Å². The number of hydrogen-bond acceptors (Lipinski definition) is 3. The monoisotopic (exact) mass is 215 g/mol. The molecule has 14 heavy (non-hydrogen) atoms. The van der Waals surface area contributed by atoms with Gasteiger partial charge in [0.25, 0.3) is 5.56 Å². The topological polar surface area (TPSA) is 56.1 Å². The van der Waals surface area contributed by atoms with Crippen LogP contribution in [0.4, 0.5) is 0 Å². The Morgan fingerprint density at radius 1 is 1.43 bits per heavy atom. The van der Waals surface area contributed by atoms with Crippen molar-refractivity contribution >= 4 is 9.84 Å². The highest BCUT2D eigenvalue weighted by atomic mass is 32.2. The Hall–Kier alpha value is -1.10. The molecule has 5 heteroatoms. The first-order chi connectivity index (χ1) is 6.38. The molecule has 0 saturated carbocycles. The van der Waals surface area contributed by atoms with Gasteiger partial charge in [-0.25, -0.2) is 8.42 Å². The summed E-state index contributed by atoms with van der Waals surface area (Å²) in [4.78, 5) is 11.4. The van der Waals surface area contributed by atoms with Crippen LogP contribution in [0.15, 0.2) is 22.0 Å². The number of aromatic nitrogens is 1. The maximum absolute atomic E-state index is 11.6. The lowest BCUT2D eigenvalue weighted by Crippen LogP contribution is -2.19. The van der Waals surface area contributed by atoms with E-state index in [0.29, 0.717) is 5.56 Å². The Morgan fingerprint density at radius 2 is 2.00 bits per heavy atom. The van der Waals surface area contributed by atoms with Crippen LogP contribution in [-0.4, -0.2) is 18.7 Å². The van der Waals surface area contributed by atoms with Gasteiger partial charge < -0.3 is 4.57 Å². The van der Waals surface area contributed by atoms with Gasteiger partial charge in [0, 0.05) is 19.3 Å². The third-order valence-corrected chi connectivity index (χ3v) is 3.96. The normalized spacial score (nSPS) is 11.6. The maximum Gasteiger partial charge on any atom is 0.250 e. The molecule has 1 rings (SSSR count). The van der Waals surface area contributed by atoms with E-state index in [1.807, 2.05) is 0 Å². The van der Waals surface area contributed by atoms with E-state index in [1.54, 1.807) is 13.8 Å². The van der Waals surface area contributed by atoms with Crippen LogP contribution < -0.4 is 5.56 Å². The number of hydrogen-bond donors (Lipinski definition) is 0. The van der Waals surface area contributed by atoms with E-state index in [4.69, 9.17) is 0 Å². The molecule has 0 N–H and O–H groups in total. The van der Waals surface area contributed by atoms with E-state index in [0.717, 1.165) is 0 Å². The van der Waals surface area contributed by atoms with E-state index in [-0.39, 0.29) is 16.2 Å². The molecule has 0 aromatic carbocycles. The van der Waals surface area contributed by atoms with Crippen molar-refractivity contribution in [3.8, 4) is 0 Å². The highest BCUT2D eigenvalue weighted by molar-refractivity contribution is 7.91. The average molecular weight is 215 g/mol. The van der Waals surface area contributed by atoms with Crippen LogP contribution in [0, 0.1) is 6.92 Å². The van der Waals surface area contributed by atoms with Crippen molar-refractivity contribution in [2.24, 2.45) is 7.05 Å². The van der Waals surface area contributed by atoms with Gasteiger partial charge in [-0.15, -0.1) is 0 Å². The van der Waals surface area contributed by atoms with Crippen LogP contribution in [0.2, 0.25) is 0 Å². The van der Waals surface area contributed by atoms with Gasteiger partial charge in [-0.05, 0) is 12.5 Å². The molecule has 1 aromatic rings. The van der Waals surface area contributed by atoms with Crippen LogP contribution in [0.5, 0.6) is 0 Å².